The van der Waals surface area contributed by atoms with E-state index >= 15 is 0 Å². The molecular formula is C13H21ClN4O. The lowest BCUT2D eigenvalue weighted by atomic mass is 10.1. The quantitative estimate of drug-likeness (QED) is 0.841. The molecule has 1 saturated carbocycles. The topological polar surface area (TPSA) is 64.3 Å². The maximum absolute atomic E-state index is 5.97. The van der Waals surface area contributed by atoms with Crippen LogP contribution in [0.25, 0.3) is 0 Å². The molecule has 1 aromatic rings. The predicted octanol–water partition coefficient (Wildman–Crippen LogP) is 2.35. The van der Waals surface area contributed by atoms with Gasteiger partial charge in [0, 0.05) is 25.8 Å². The van der Waals surface area contributed by atoms with Crippen LogP contribution >= 0.6 is 11.6 Å². The van der Waals surface area contributed by atoms with Gasteiger partial charge in [0.2, 0.25) is 5.95 Å². The summed E-state index contributed by atoms with van der Waals surface area (Å²) in [7, 11) is 1.71. The van der Waals surface area contributed by atoms with Crippen molar-refractivity contribution in [2.24, 2.45) is 5.92 Å². The van der Waals surface area contributed by atoms with Crippen LogP contribution < -0.4 is 10.6 Å². The average molecular weight is 285 g/mol. The van der Waals surface area contributed by atoms with Crippen molar-refractivity contribution in [3.8, 4) is 0 Å². The van der Waals surface area contributed by atoms with Crippen LogP contribution in [0.1, 0.15) is 26.2 Å². The van der Waals surface area contributed by atoms with Gasteiger partial charge in [0.25, 0.3) is 0 Å². The number of rotatable bonds is 5. The van der Waals surface area contributed by atoms with Crippen LogP contribution in [0.2, 0.25) is 5.15 Å². The first-order valence-corrected chi connectivity index (χ1v) is 7.03. The summed E-state index contributed by atoms with van der Waals surface area (Å²) in [6, 6.07) is 2.26. The third-order valence-electron chi connectivity index (χ3n) is 3.64. The first-order chi connectivity index (χ1) is 9.10. The summed E-state index contributed by atoms with van der Waals surface area (Å²) in [6.45, 7) is 3.74. The van der Waals surface area contributed by atoms with E-state index in [1.165, 1.54) is 19.3 Å². The van der Waals surface area contributed by atoms with E-state index in [4.69, 9.17) is 22.1 Å². The van der Waals surface area contributed by atoms with Crippen molar-refractivity contribution in [3.63, 3.8) is 0 Å². The maximum Gasteiger partial charge on any atom is 0.223 e. The largest absolute Gasteiger partial charge is 0.383 e. The van der Waals surface area contributed by atoms with E-state index < -0.39 is 0 Å². The highest BCUT2D eigenvalue weighted by Crippen LogP contribution is 2.31. The minimum Gasteiger partial charge on any atom is -0.383 e. The van der Waals surface area contributed by atoms with Gasteiger partial charge in [-0.15, -0.1) is 0 Å². The Balaban J connectivity index is 2.20. The minimum atomic E-state index is 0.218. The van der Waals surface area contributed by atoms with E-state index in [9.17, 15) is 0 Å². The molecule has 2 atom stereocenters. The SMILES string of the molecule is COCCN(c1cc(Cl)nc(N)n1)C1CCC(C)C1. The molecular weight excluding hydrogens is 264 g/mol. The molecule has 0 saturated heterocycles. The lowest BCUT2D eigenvalue weighted by Crippen LogP contribution is -2.37. The van der Waals surface area contributed by atoms with Gasteiger partial charge in [0.05, 0.1) is 6.61 Å². The number of halogens is 1. The van der Waals surface area contributed by atoms with Crippen molar-refractivity contribution in [3.05, 3.63) is 11.2 Å². The summed E-state index contributed by atoms with van der Waals surface area (Å²) in [5.41, 5.74) is 5.69. The molecule has 0 spiro atoms. The van der Waals surface area contributed by atoms with Gasteiger partial charge in [-0.05, 0) is 25.2 Å². The Morgan fingerprint density at radius 2 is 2.26 bits per heavy atom. The molecule has 2 N–H and O–H groups in total. The Labute approximate surface area is 119 Å². The summed E-state index contributed by atoms with van der Waals surface area (Å²) in [5.74, 6) is 1.77. The second kappa shape index (κ2) is 6.39. The number of aromatic nitrogens is 2. The fourth-order valence-electron chi connectivity index (χ4n) is 2.70. The molecule has 0 bridgehead atoms. The fourth-order valence-corrected chi connectivity index (χ4v) is 2.89. The van der Waals surface area contributed by atoms with Crippen LogP contribution in [-0.4, -0.2) is 36.3 Å². The summed E-state index contributed by atoms with van der Waals surface area (Å²) < 4.78 is 5.19. The van der Waals surface area contributed by atoms with Crippen molar-refractivity contribution in [2.75, 3.05) is 30.9 Å². The number of methoxy groups -OCH3 is 1. The second-order valence-electron chi connectivity index (χ2n) is 5.17. The molecule has 106 valence electrons. The zero-order valence-electron chi connectivity index (χ0n) is 11.5. The van der Waals surface area contributed by atoms with Crippen LogP contribution in [0.3, 0.4) is 0 Å². The Kier molecular flexibility index (Phi) is 4.82. The molecule has 1 aliphatic rings. The highest BCUT2D eigenvalue weighted by atomic mass is 35.5. The highest BCUT2D eigenvalue weighted by Gasteiger charge is 2.28. The molecule has 0 amide bonds. The van der Waals surface area contributed by atoms with E-state index in [1.807, 2.05) is 0 Å². The maximum atomic E-state index is 5.97. The molecule has 2 unspecified atom stereocenters. The van der Waals surface area contributed by atoms with Crippen LogP contribution in [0.4, 0.5) is 11.8 Å². The van der Waals surface area contributed by atoms with E-state index in [1.54, 1.807) is 13.2 Å². The van der Waals surface area contributed by atoms with Crippen molar-refractivity contribution in [1.29, 1.82) is 0 Å². The number of nitrogen functional groups attached to an aromatic ring is 1. The number of nitrogens with zero attached hydrogens (tertiary/aromatic N) is 3. The van der Waals surface area contributed by atoms with Crippen molar-refractivity contribution in [2.45, 2.75) is 32.2 Å². The van der Waals surface area contributed by atoms with Crippen molar-refractivity contribution >= 4 is 23.4 Å². The average Bonchev–Trinajstić information content (AvgIpc) is 2.75. The number of hydrogen-bond donors (Lipinski definition) is 1. The molecule has 1 fully saturated rings. The zero-order chi connectivity index (χ0) is 13.8. The molecule has 0 aromatic carbocycles. The third-order valence-corrected chi connectivity index (χ3v) is 3.83. The molecule has 1 aromatic heterocycles. The molecule has 2 rings (SSSR count). The van der Waals surface area contributed by atoms with E-state index in [2.05, 4.69) is 21.8 Å². The Hall–Kier alpha value is -1.07. The van der Waals surface area contributed by atoms with Crippen LogP contribution in [0.5, 0.6) is 0 Å². The third kappa shape index (κ3) is 3.70. The highest BCUT2D eigenvalue weighted by molar-refractivity contribution is 6.29. The van der Waals surface area contributed by atoms with Crippen molar-refractivity contribution in [1.82, 2.24) is 9.97 Å². The van der Waals surface area contributed by atoms with Gasteiger partial charge < -0.3 is 15.4 Å². The Bertz CT molecular complexity index is 409. The standard InChI is InChI=1S/C13H21ClN4O/c1-9-3-4-10(7-9)18(5-6-19-2)12-8-11(14)16-13(15)17-12/h8-10H,3-7H2,1-2H3,(H2,15,16,17). The van der Waals surface area contributed by atoms with Crippen molar-refractivity contribution < 1.29 is 4.74 Å². The van der Waals surface area contributed by atoms with Gasteiger partial charge in [0.1, 0.15) is 11.0 Å². The Morgan fingerprint density at radius 3 is 2.84 bits per heavy atom. The van der Waals surface area contributed by atoms with E-state index in [0.717, 1.165) is 18.3 Å². The van der Waals surface area contributed by atoms with Crippen LogP contribution in [0, 0.1) is 5.92 Å². The number of anilines is 2. The number of ether oxygens (including phenoxy) is 1. The van der Waals surface area contributed by atoms with Crippen LogP contribution in [-0.2, 0) is 4.74 Å². The first kappa shape index (κ1) is 14.3. The van der Waals surface area contributed by atoms with Gasteiger partial charge in [0.15, 0.2) is 0 Å². The first-order valence-electron chi connectivity index (χ1n) is 6.65. The monoisotopic (exact) mass is 284 g/mol. The smallest absolute Gasteiger partial charge is 0.223 e. The van der Waals surface area contributed by atoms with E-state index in [-0.39, 0.29) is 5.95 Å². The summed E-state index contributed by atoms with van der Waals surface area (Å²) >= 11 is 5.97. The van der Waals surface area contributed by atoms with Gasteiger partial charge in [-0.25, -0.2) is 4.98 Å². The normalized spacial score (nSPS) is 22.7. The van der Waals surface area contributed by atoms with Gasteiger partial charge >= 0.3 is 0 Å². The minimum absolute atomic E-state index is 0.218. The lowest BCUT2D eigenvalue weighted by Gasteiger charge is -2.30. The Morgan fingerprint density at radius 1 is 1.47 bits per heavy atom. The molecule has 1 heterocycles. The summed E-state index contributed by atoms with van der Waals surface area (Å²) in [6.07, 6.45) is 3.60. The van der Waals surface area contributed by atoms with E-state index in [0.29, 0.717) is 17.8 Å². The lowest BCUT2D eigenvalue weighted by molar-refractivity contribution is 0.202. The number of nitrogens with two attached hydrogens (primary N) is 1. The zero-order valence-corrected chi connectivity index (χ0v) is 12.2. The fraction of sp³-hybridized carbons (Fsp3) is 0.692. The second-order valence-corrected chi connectivity index (χ2v) is 5.55. The molecule has 0 radical (unpaired) electrons. The van der Waals surface area contributed by atoms with Gasteiger partial charge in [-0.1, -0.05) is 18.5 Å². The summed E-state index contributed by atoms with van der Waals surface area (Å²) in [4.78, 5) is 10.5. The molecule has 1 aliphatic carbocycles. The van der Waals surface area contributed by atoms with Gasteiger partial charge in [-0.2, -0.15) is 4.98 Å². The molecule has 6 heteroatoms. The number of hydrogen-bond acceptors (Lipinski definition) is 5. The van der Waals surface area contributed by atoms with Crippen LogP contribution in [0.15, 0.2) is 6.07 Å². The molecule has 19 heavy (non-hydrogen) atoms. The molecule has 5 nitrogen and oxygen atoms in total. The predicted molar refractivity (Wildman–Crippen MR) is 77.5 cm³/mol. The van der Waals surface area contributed by atoms with Gasteiger partial charge in [-0.3, -0.25) is 0 Å². The molecule has 0 aliphatic heterocycles. The summed E-state index contributed by atoms with van der Waals surface area (Å²) in [5, 5.41) is 0.385.